The standard InChI is InChI=1S/C31H42O6/c1-4-6-8-10-11-13-23-35-27-19-17-26(18-20-27)31(34)37-28-21-15-25(16-22-28)30(33)24(3)36-29(32)14-12-9-7-5-2/h15-22,24H,4-14,23H2,1-3H3. The van der Waals surface area contributed by atoms with Gasteiger partial charge in [0.1, 0.15) is 11.5 Å². The molecule has 1 atom stereocenters. The number of hydrogen-bond donors (Lipinski definition) is 0. The smallest absolute Gasteiger partial charge is 0.343 e. The van der Waals surface area contributed by atoms with Crippen molar-refractivity contribution in [3.05, 3.63) is 59.7 Å². The fourth-order valence-corrected chi connectivity index (χ4v) is 3.85. The monoisotopic (exact) mass is 510 g/mol. The van der Waals surface area contributed by atoms with Crippen LogP contribution in [0.25, 0.3) is 0 Å². The molecule has 0 spiro atoms. The molecular weight excluding hydrogens is 468 g/mol. The summed E-state index contributed by atoms with van der Waals surface area (Å²) >= 11 is 0. The molecule has 0 aliphatic rings. The molecule has 1 unspecified atom stereocenters. The zero-order chi connectivity index (χ0) is 26.9. The lowest BCUT2D eigenvalue weighted by atomic mass is 10.1. The number of rotatable bonds is 18. The summed E-state index contributed by atoms with van der Waals surface area (Å²) in [6, 6.07) is 13.1. The lowest BCUT2D eigenvalue weighted by molar-refractivity contribution is -0.146. The minimum absolute atomic E-state index is 0.295. The van der Waals surface area contributed by atoms with Crippen LogP contribution < -0.4 is 9.47 Å². The molecule has 0 radical (unpaired) electrons. The van der Waals surface area contributed by atoms with Gasteiger partial charge in [0.15, 0.2) is 6.10 Å². The van der Waals surface area contributed by atoms with Gasteiger partial charge >= 0.3 is 11.9 Å². The van der Waals surface area contributed by atoms with E-state index < -0.39 is 12.1 Å². The number of benzene rings is 2. The predicted octanol–water partition coefficient (Wildman–Crippen LogP) is 7.73. The second-order valence-corrected chi connectivity index (χ2v) is 9.36. The Balaban J connectivity index is 1.77. The van der Waals surface area contributed by atoms with Gasteiger partial charge in [0.05, 0.1) is 12.2 Å². The summed E-state index contributed by atoms with van der Waals surface area (Å²) < 4.78 is 16.5. The van der Waals surface area contributed by atoms with Crippen molar-refractivity contribution in [3.63, 3.8) is 0 Å². The molecule has 6 heteroatoms. The Labute approximate surface area is 221 Å². The van der Waals surface area contributed by atoms with Gasteiger partial charge in [-0.25, -0.2) is 4.79 Å². The number of ether oxygens (including phenoxy) is 3. The van der Waals surface area contributed by atoms with Gasteiger partial charge in [-0.3, -0.25) is 9.59 Å². The van der Waals surface area contributed by atoms with Crippen LogP contribution >= 0.6 is 0 Å². The normalized spacial score (nSPS) is 11.5. The topological polar surface area (TPSA) is 78.9 Å². The van der Waals surface area contributed by atoms with Crippen molar-refractivity contribution in [1.29, 1.82) is 0 Å². The van der Waals surface area contributed by atoms with E-state index in [2.05, 4.69) is 13.8 Å². The van der Waals surface area contributed by atoms with E-state index in [-0.39, 0.29) is 11.8 Å². The van der Waals surface area contributed by atoms with Crippen LogP contribution in [0.1, 0.15) is 112 Å². The lowest BCUT2D eigenvalue weighted by Gasteiger charge is -2.13. The summed E-state index contributed by atoms with van der Waals surface area (Å²) in [6.07, 6.45) is 10.6. The van der Waals surface area contributed by atoms with Crippen LogP contribution in [-0.2, 0) is 9.53 Å². The van der Waals surface area contributed by atoms with Gasteiger partial charge in [-0.15, -0.1) is 0 Å². The van der Waals surface area contributed by atoms with Gasteiger partial charge in [-0.1, -0.05) is 65.2 Å². The van der Waals surface area contributed by atoms with Gasteiger partial charge in [-0.05, 0) is 68.3 Å². The van der Waals surface area contributed by atoms with Crippen LogP contribution in [0.2, 0.25) is 0 Å². The Hall–Kier alpha value is -3.15. The maximum atomic E-state index is 12.6. The molecule has 0 aliphatic carbocycles. The highest BCUT2D eigenvalue weighted by atomic mass is 16.5. The molecule has 0 aromatic heterocycles. The molecule has 0 aliphatic heterocycles. The largest absolute Gasteiger partial charge is 0.494 e. The maximum absolute atomic E-state index is 12.6. The molecule has 202 valence electrons. The third kappa shape index (κ3) is 11.6. The van der Waals surface area contributed by atoms with Crippen LogP contribution in [0, 0.1) is 0 Å². The average Bonchev–Trinajstić information content (AvgIpc) is 2.91. The van der Waals surface area contributed by atoms with E-state index in [1.807, 2.05) is 0 Å². The quantitative estimate of drug-likeness (QED) is 0.0883. The minimum Gasteiger partial charge on any atom is -0.494 e. The van der Waals surface area contributed by atoms with Crippen LogP contribution in [0.3, 0.4) is 0 Å². The average molecular weight is 511 g/mol. The summed E-state index contributed by atoms with van der Waals surface area (Å²) in [5.74, 6) is -0.0983. The highest BCUT2D eigenvalue weighted by Crippen LogP contribution is 2.18. The number of ketones is 1. The third-order valence-electron chi connectivity index (χ3n) is 6.12. The van der Waals surface area contributed by atoms with Crippen LogP contribution in [0.4, 0.5) is 0 Å². The molecule has 0 amide bonds. The molecule has 2 aromatic carbocycles. The zero-order valence-electron chi connectivity index (χ0n) is 22.6. The van der Waals surface area contributed by atoms with Crippen molar-refractivity contribution in [2.75, 3.05) is 6.61 Å². The first-order chi connectivity index (χ1) is 17.9. The molecule has 0 fully saturated rings. The molecule has 0 saturated carbocycles. The number of carbonyl (C=O) groups is 3. The van der Waals surface area contributed by atoms with Crippen molar-refractivity contribution in [2.45, 2.75) is 97.5 Å². The third-order valence-corrected chi connectivity index (χ3v) is 6.12. The fraction of sp³-hybridized carbons (Fsp3) is 0.516. The van der Waals surface area contributed by atoms with Crippen molar-refractivity contribution in [1.82, 2.24) is 0 Å². The van der Waals surface area contributed by atoms with Gasteiger partial charge in [-0.2, -0.15) is 0 Å². The number of hydrogen-bond acceptors (Lipinski definition) is 6. The first kappa shape index (κ1) is 30.1. The van der Waals surface area contributed by atoms with Crippen molar-refractivity contribution >= 4 is 17.7 Å². The number of esters is 2. The fourth-order valence-electron chi connectivity index (χ4n) is 3.85. The van der Waals surface area contributed by atoms with E-state index in [4.69, 9.17) is 14.2 Å². The summed E-state index contributed by atoms with van der Waals surface area (Å²) in [6.45, 7) is 6.55. The first-order valence-corrected chi connectivity index (χ1v) is 13.7. The highest BCUT2D eigenvalue weighted by molar-refractivity contribution is 6.00. The second kappa shape index (κ2) is 17.3. The van der Waals surface area contributed by atoms with Gasteiger partial charge in [0.2, 0.25) is 5.78 Å². The SMILES string of the molecule is CCCCCCCCOc1ccc(C(=O)Oc2ccc(C(=O)C(C)OC(=O)CCCCCC)cc2)cc1. The Bertz CT molecular complexity index is 949. The van der Waals surface area contributed by atoms with E-state index in [1.54, 1.807) is 55.5 Å². The van der Waals surface area contributed by atoms with E-state index in [0.717, 1.165) is 44.3 Å². The van der Waals surface area contributed by atoms with E-state index in [0.29, 0.717) is 29.9 Å². The van der Waals surface area contributed by atoms with Crippen LogP contribution in [0.15, 0.2) is 48.5 Å². The number of unbranched alkanes of at least 4 members (excludes halogenated alkanes) is 8. The highest BCUT2D eigenvalue weighted by Gasteiger charge is 2.19. The lowest BCUT2D eigenvalue weighted by Crippen LogP contribution is -2.24. The van der Waals surface area contributed by atoms with Crippen molar-refractivity contribution in [2.24, 2.45) is 0 Å². The molecule has 0 bridgehead atoms. The Morgan fingerprint density at radius 3 is 1.86 bits per heavy atom. The van der Waals surface area contributed by atoms with Crippen LogP contribution in [-0.4, -0.2) is 30.4 Å². The summed E-state index contributed by atoms with van der Waals surface area (Å²) in [4.78, 5) is 37.1. The molecule has 37 heavy (non-hydrogen) atoms. The van der Waals surface area contributed by atoms with Gasteiger partial charge < -0.3 is 14.2 Å². The molecule has 0 saturated heterocycles. The molecule has 2 rings (SSSR count). The molecule has 0 heterocycles. The van der Waals surface area contributed by atoms with Gasteiger partial charge in [0.25, 0.3) is 0 Å². The number of carbonyl (C=O) groups excluding carboxylic acids is 3. The number of Topliss-reactive ketones (excluding diaryl/α,β-unsaturated/α-hetero) is 1. The summed E-state index contributed by atoms with van der Waals surface area (Å²) in [7, 11) is 0. The zero-order valence-corrected chi connectivity index (χ0v) is 22.6. The minimum atomic E-state index is -0.867. The molecular formula is C31H42O6. The molecule has 2 aromatic rings. The predicted molar refractivity (Wildman–Crippen MR) is 145 cm³/mol. The molecule has 0 N–H and O–H groups in total. The first-order valence-electron chi connectivity index (χ1n) is 13.7. The summed E-state index contributed by atoms with van der Waals surface area (Å²) in [5.41, 5.74) is 0.796. The van der Waals surface area contributed by atoms with Crippen LogP contribution in [0.5, 0.6) is 11.5 Å². The second-order valence-electron chi connectivity index (χ2n) is 9.36. The summed E-state index contributed by atoms with van der Waals surface area (Å²) in [5, 5.41) is 0. The van der Waals surface area contributed by atoms with Crippen molar-refractivity contribution in [3.8, 4) is 11.5 Å². The Morgan fingerprint density at radius 2 is 1.22 bits per heavy atom. The van der Waals surface area contributed by atoms with Crippen molar-refractivity contribution < 1.29 is 28.6 Å². The van der Waals surface area contributed by atoms with E-state index in [9.17, 15) is 14.4 Å². The molecule has 6 nitrogen and oxygen atoms in total. The Kier molecular flexibility index (Phi) is 14.1. The maximum Gasteiger partial charge on any atom is 0.343 e. The van der Waals surface area contributed by atoms with Gasteiger partial charge in [0, 0.05) is 12.0 Å². The Morgan fingerprint density at radius 1 is 0.676 bits per heavy atom. The van der Waals surface area contributed by atoms with E-state index >= 15 is 0 Å². The van der Waals surface area contributed by atoms with E-state index in [1.165, 1.54) is 25.7 Å².